The lowest BCUT2D eigenvalue weighted by Gasteiger charge is -2.20. The van der Waals surface area contributed by atoms with Crippen LogP contribution in [0.3, 0.4) is 0 Å². The van der Waals surface area contributed by atoms with E-state index in [0.29, 0.717) is 30.4 Å². The van der Waals surface area contributed by atoms with E-state index in [1.807, 2.05) is 59.5 Å². The normalized spacial score (nSPS) is 18.6. The van der Waals surface area contributed by atoms with Crippen LogP contribution in [0.25, 0.3) is 0 Å². The summed E-state index contributed by atoms with van der Waals surface area (Å²) in [6, 6.07) is 21.5. The third-order valence-corrected chi connectivity index (χ3v) is 7.05. The molecule has 36 heavy (non-hydrogen) atoms. The first-order valence-electron chi connectivity index (χ1n) is 12.2. The summed E-state index contributed by atoms with van der Waals surface area (Å²) in [7, 11) is 3.20. The number of fused-ring (bicyclic) bond motifs is 1. The smallest absolute Gasteiger partial charge is 0.240 e. The fourth-order valence-corrected chi connectivity index (χ4v) is 5.10. The van der Waals surface area contributed by atoms with Crippen molar-refractivity contribution in [3.05, 3.63) is 89.0 Å². The Labute approximate surface area is 211 Å². The average molecular weight is 486 g/mol. The Hall–Kier alpha value is -3.84. The fraction of sp³-hybridized carbons (Fsp3) is 0.310. The van der Waals surface area contributed by atoms with Gasteiger partial charge in [-0.2, -0.15) is 0 Å². The monoisotopic (exact) mass is 485 g/mol. The van der Waals surface area contributed by atoms with Crippen molar-refractivity contribution in [2.45, 2.75) is 37.9 Å². The van der Waals surface area contributed by atoms with Crippen LogP contribution in [-0.2, 0) is 29.1 Å². The van der Waals surface area contributed by atoms with Crippen LogP contribution in [0, 0.1) is 0 Å². The molecule has 0 spiro atoms. The van der Waals surface area contributed by atoms with E-state index in [1.54, 1.807) is 14.2 Å². The molecule has 0 radical (unpaired) electrons. The van der Waals surface area contributed by atoms with Gasteiger partial charge in [0.15, 0.2) is 0 Å². The number of methoxy groups -OCH3 is 2. The minimum Gasteiger partial charge on any atom is -0.497 e. The molecule has 0 aliphatic carbocycles. The van der Waals surface area contributed by atoms with Gasteiger partial charge in [0.1, 0.15) is 11.5 Å². The molecule has 0 saturated carbocycles. The lowest BCUT2D eigenvalue weighted by Crippen LogP contribution is -2.40. The van der Waals surface area contributed by atoms with Crippen LogP contribution < -0.4 is 20.1 Å². The summed E-state index contributed by atoms with van der Waals surface area (Å²) in [5, 5.41) is 6.40. The number of hydrogen-bond acceptors (Lipinski definition) is 5. The summed E-state index contributed by atoms with van der Waals surface area (Å²) in [5.74, 6) is 1.68. The molecule has 7 heteroatoms. The SMILES string of the molecule is COc1ccc(CC(=O)Nc2cc3c(cc2OC)CN(C(=O)[C@H]2C[C@@H](c4ccccc4)CN2)C3)cc1. The lowest BCUT2D eigenvalue weighted by atomic mass is 9.96. The van der Waals surface area contributed by atoms with Crippen molar-refractivity contribution in [2.24, 2.45) is 0 Å². The number of rotatable bonds is 7. The van der Waals surface area contributed by atoms with Crippen molar-refractivity contribution in [2.75, 3.05) is 26.1 Å². The molecule has 1 saturated heterocycles. The topological polar surface area (TPSA) is 79.9 Å². The highest BCUT2D eigenvalue weighted by Crippen LogP contribution is 2.35. The van der Waals surface area contributed by atoms with Gasteiger partial charge in [0.2, 0.25) is 11.8 Å². The predicted molar refractivity (Wildman–Crippen MR) is 138 cm³/mol. The summed E-state index contributed by atoms with van der Waals surface area (Å²) in [5.41, 5.74) is 4.85. The van der Waals surface area contributed by atoms with Crippen molar-refractivity contribution in [1.29, 1.82) is 0 Å². The molecule has 3 aromatic carbocycles. The third kappa shape index (κ3) is 5.06. The number of nitrogens with zero attached hydrogens (tertiary/aromatic N) is 1. The first-order valence-corrected chi connectivity index (χ1v) is 12.2. The Bertz CT molecular complexity index is 1240. The van der Waals surface area contributed by atoms with Crippen molar-refractivity contribution in [3.63, 3.8) is 0 Å². The van der Waals surface area contributed by atoms with Crippen molar-refractivity contribution < 1.29 is 19.1 Å². The summed E-state index contributed by atoms with van der Waals surface area (Å²) < 4.78 is 10.7. The Morgan fingerprint density at radius 1 is 0.972 bits per heavy atom. The zero-order valence-corrected chi connectivity index (χ0v) is 20.6. The van der Waals surface area contributed by atoms with E-state index >= 15 is 0 Å². The molecule has 5 rings (SSSR count). The number of benzene rings is 3. The first kappa shape index (κ1) is 23.9. The van der Waals surface area contributed by atoms with E-state index in [1.165, 1.54) is 5.56 Å². The molecule has 2 aliphatic rings. The maximum Gasteiger partial charge on any atom is 0.240 e. The number of anilines is 1. The Morgan fingerprint density at radius 3 is 2.39 bits per heavy atom. The largest absolute Gasteiger partial charge is 0.497 e. The van der Waals surface area contributed by atoms with Gasteiger partial charge in [-0.1, -0.05) is 42.5 Å². The molecular weight excluding hydrogens is 454 g/mol. The molecule has 2 amide bonds. The molecule has 0 aromatic heterocycles. The van der Waals surface area contributed by atoms with Gasteiger partial charge in [0.25, 0.3) is 0 Å². The zero-order chi connectivity index (χ0) is 25.1. The fourth-order valence-electron chi connectivity index (χ4n) is 5.10. The highest BCUT2D eigenvalue weighted by molar-refractivity contribution is 5.94. The van der Waals surface area contributed by atoms with Gasteiger partial charge in [0.05, 0.1) is 32.4 Å². The van der Waals surface area contributed by atoms with Gasteiger partial charge in [-0.05, 0) is 58.9 Å². The lowest BCUT2D eigenvalue weighted by molar-refractivity contribution is -0.133. The van der Waals surface area contributed by atoms with Crippen LogP contribution in [0.5, 0.6) is 11.5 Å². The van der Waals surface area contributed by atoms with Crippen LogP contribution in [0.2, 0.25) is 0 Å². The summed E-state index contributed by atoms with van der Waals surface area (Å²) >= 11 is 0. The van der Waals surface area contributed by atoms with Crippen LogP contribution in [-0.4, -0.2) is 43.5 Å². The average Bonchev–Trinajstić information content (AvgIpc) is 3.56. The highest BCUT2D eigenvalue weighted by atomic mass is 16.5. The standard InChI is InChI=1S/C29H31N3O4/c1-35-24-10-8-19(9-11-24)12-28(33)31-25-14-22-17-32(18-23(22)15-27(25)36-2)29(34)26-13-21(16-30-26)20-6-4-3-5-7-20/h3-11,14-15,21,26,30H,12-13,16-18H2,1-2H3,(H,31,33)/t21-,26-/m1/s1. The third-order valence-electron chi connectivity index (χ3n) is 7.05. The van der Waals surface area contributed by atoms with Gasteiger partial charge >= 0.3 is 0 Å². The van der Waals surface area contributed by atoms with Gasteiger partial charge in [-0.15, -0.1) is 0 Å². The molecule has 2 atom stereocenters. The number of carbonyl (C=O) groups is 2. The second-order valence-corrected chi connectivity index (χ2v) is 9.39. The zero-order valence-electron chi connectivity index (χ0n) is 20.6. The van der Waals surface area contributed by atoms with Gasteiger partial charge in [-0.25, -0.2) is 0 Å². The number of hydrogen-bond donors (Lipinski definition) is 2. The molecule has 2 aliphatic heterocycles. The summed E-state index contributed by atoms with van der Waals surface area (Å²) in [6.45, 7) is 1.87. The minimum atomic E-state index is -0.185. The second kappa shape index (κ2) is 10.4. The number of nitrogens with one attached hydrogen (secondary N) is 2. The Kier molecular flexibility index (Phi) is 6.91. The number of carbonyl (C=O) groups excluding carboxylic acids is 2. The Balaban J connectivity index is 1.23. The van der Waals surface area contributed by atoms with E-state index in [4.69, 9.17) is 9.47 Å². The quantitative estimate of drug-likeness (QED) is 0.531. The number of ether oxygens (including phenoxy) is 2. The van der Waals surface area contributed by atoms with E-state index in [-0.39, 0.29) is 24.3 Å². The Morgan fingerprint density at radius 2 is 1.69 bits per heavy atom. The summed E-state index contributed by atoms with van der Waals surface area (Å²) in [4.78, 5) is 27.9. The molecule has 3 aromatic rings. The second-order valence-electron chi connectivity index (χ2n) is 9.39. The van der Waals surface area contributed by atoms with Gasteiger partial charge < -0.3 is 25.0 Å². The van der Waals surface area contributed by atoms with E-state index in [9.17, 15) is 9.59 Å². The molecule has 1 fully saturated rings. The van der Waals surface area contributed by atoms with Gasteiger partial charge in [-0.3, -0.25) is 9.59 Å². The number of amides is 2. The van der Waals surface area contributed by atoms with Gasteiger partial charge in [0, 0.05) is 19.6 Å². The molecule has 0 bridgehead atoms. The van der Waals surface area contributed by atoms with Crippen molar-refractivity contribution in [3.8, 4) is 11.5 Å². The van der Waals surface area contributed by atoms with Crippen LogP contribution in [0.1, 0.15) is 34.6 Å². The van der Waals surface area contributed by atoms with Crippen LogP contribution in [0.4, 0.5) is 5.69 Å². The molecular formula is C29H31N3O4. The van der Waals surface area contributed by atoms with E-state index in [0.717, 1.165) is 35.4 Å². The van der Waals surface area contributed by atoms with Crippen LogP contribution >= 0.6 is 0 Å². The minimum absolute atomic E-state index is 0.119. The maximum absolute atomic E-state index is 13.3. The summed E-state index contributed by atoms with van der Waals surface area (Å²) in [6.07, 6.45) is 1.04. The van der Waals surface area contributed by atoms with E-state index in [2.05, 4.69) is 22.8 Å². The van der Waals surface area contributed by atoms with Crippen molar-refractivity contribution in [1.82, 2.24) is 10.2 Å². The molecule has 0 unspecified atom stereocenters. The molecule has 2 heterocycles. The highest BCUT2D eigenvalue weighted by Gasteiger charge is 2.35. The van der Waals surface area contributed by atoms with Crippen LogP contribution in [0.15, 0.2) is 66.7 Å². The van der Waals surface area contributed by atoms with Crippen molar-refractivity contribution >= 4 is 17.5 Å². The first-order chi connectivity index (χ1) is 17.5. The molecule has 2 N–H and O–H groups in total. The predicted octanol–water partition coefficient (Wildman–Crippen LogP) is 3.87. The molecule has 7 nitrogen and oxygen atoms in total. The maximum atomic E-state index is 13.3. The van der Waals surface area contributed by atoms with E-state index < -0.39 is 0 Å². The molecule has 186 valence electrons.